The minimum Gasteiger partial charge on any atom is -0.494 e. The first-order valence-electron chi connectivity index (χ1n) is 4.78. The molecule has 1 aromatic carbocycles. The van der Waals surface area contributed by atoms with E-state index in [4.69, 9.17) is 15.3 Å². The van der Waals surface area contributed by atoms with Gasteiger partial charge >= 0.3 is 0 Å². The summed E-state index contributed by atoms with van der Waals surface area (Å²) in [4.78, 5) is 11.6. The molecule has 0 radical (unpaired) electrons. The molecule has 0 heterocycles. The van der Waals surface area contributed by atoms with Crippen LogP contribution in [0, 0.1) is 34.4 Å². The van der Waals surface area contributed by atoms with E-state index in [9.17, 15) is 9.18 Å². The Labute approximate surface area is 97.8 Å². The molecule has 0 aliphatic rings. The number of halogens is 1. The van der Waals surface area contributed by atoms with Crippen molar-refractivity contribution in [2.75, 3.05) is 7.11 Å². The van der Waals surface area contributed by atoms with Crippen LogP contribution in [0.2, 0.25) is 0 Å². The largest absolute Gasteiger partial charge is 0.494 e. The normalized spacial score (nSPS) is 9.47. The number of methoxy groups -OCH3 is 1. The highest BCUT2D eigenvalue weighted by molar-refractivity contribution is 5.96. The Hall–Kier alpha value is -2.40. The van der Waals surface area contributed by atoms with E-state index in [0.717, 1.165) is 6.07 Å². The zero-order valence-electron chi connectivity index (χ0n) is 9.11. The van der Waals surface area contributed by atoms with Gasteiger partial charge in [-0.1, -0.05) is 0 Å². The number of ether oxygens (including phenoxy) is 1. The summed E-state index contributed by atoms with van der Waals surface area (Å²) < 4.78 is 18.0. The maximum Gasteiger partial charge on any atom is 0.165 e. The predicted molar refractivity (Wildman–Crippen MR) is 56.6 cm³/mol. The number of nitriles is 2. The van der Waals surface area contributed by atoms with Crippen molar-refractivity contribution in [3.63, 3.8) is 0 Å². The van der Waals surface area contributed by atoms with Gasteiger partial charge in [0.1, 0.15) is 5.92 Å². The van der Waals surface area contributed by atoms with Gasteiger partial charge in [0, 0.05) is 12.0 Å². The number of Topliss-reactive ketones (excluding diaryl/α,β-unsaturated/α-hetero) is 1. The van der Waals surface area contributed by atoms with Crippen molar-refractivity contribution < 1.29 is 13.9 Å². The van der Waals surface area contributed by atoms with E-state index in [0.29, 0.717) is 0 Å². The van der Waals surface area contributed by atoms with Gasteiger partial charge in [-0.05, 0) is 18.2 Å². The Morgan fingerprint density at radius 2 is 2.12 bits per heavy atom. The Bertz CT molecular complexity index is 500. The Kier molecular flexibility index (Phi) is 4.19. The van der Waals surface area contributed by atoms with Gasteiger partial charge in [-0.15, -0.1) is 0 Å². The van der Waals surface area contributed by atoms with Crippen molar-refractivity contribution in [1.82, 2.24) is 0 Å². The molecular weight excluding hydrogens is 223 g/mol. The molecule has 1 rings (SSSR count). The Balaban J connectivity index is 2.88. The van der Waals surface area contributed by atoms with Gasteiger partial charge < -0.3 is 4.74 Å². The molecule has 0 aliphatic carbocycles. The summed E-state index contributed by atoms with van der Waals surface area (Å²) in [7, 11) is 1.32. The van der Waals surface area contributed by atoms with Crippen molar-refractivity contribution in [1.29, 1.82) is 10.5 Å². The first-order chi connectivity index (χ1) is 8.12. The average molecular weight is 232 g/mol. The van der Waals surface area contributed by atoms with E-state index in [1.807, 2.05) is 0 Å². The van der Waals surface area contributed by atoms with Crippen LogP contribution in [0.15, 0.2) is 18.2 Å². The van der Waals surface area contributed by atoms with E-state index >= 15 is 0 Å². The van der Waals surface area contributed by atoms with Crippen molar-refractivity contribution in [3.8, 4) is 17.9 Å². The Morgan fingerprint density at radius 3 is 2.59 bits per heavy atom. The molecule has 0 spiro atoms. The second-order valence-electron chi connectivity index (χ2n) is 3.29. The van der Waals surface area contributed by atoms with Crippen LogP contribution >= 0.6 is 0 Å². The molecular formula is C12H9FN2O2. The molecule has 0 saturated heterocycles. The van der Waals surface area contributed by atoms with Gasteiger partial charge in [-0.2, -0.15) is 10.5 Å². The van der Waals surface area contributed by atoms with Crippen molar-refractivity contribution in [2.45, 2.75) is 6.42 Å². The van der Waals surface area contributed by atoms with Gasteiger partial charge in [0.15, 0.2) is 17.3 Å². The highest BCUT2D eigenvalue weighted by atomic mass is 19.1. The van der Waals surface area contributed by atoms with E-state index in [-0.39, 0.29) is 17.7 Å². The quantitative estimate of drug-likeness (QED) is 0.745. The SMILES string of the molecule is COc1ccc(C(=O)CC(C#N)C#N)cc1F. The smallest absolute Gasteiger partial charge is 0.165 e. The second kappa shape index (κ2) is 5.62. The minimum absolute atomic E-state index is 0.0404. The number of hydrogen-bond acceptors (Lipinski definition) is 4. The number of hydrogen-bond donors (Lipinski definition) is 0. The molecule has 86 valence electrons. The molecule has 0 bridgehead atoms. The van der Waals surface area contributed by atoms with Crippen LogP contribution in [0.1, 0.15) is 16.8 Å². The molecule has 0 atom stereocenters. The standard InChI is InChI=1S/C12H9FN2O2/c1-17-12-3-2-9(5-10(12)13)11(16)4-8(6-14)7-15/h2-3,5,8H,4H2,1H3. The predicted octanol–water partition coefficient (Wildman–Crippen LogP) is 2.07. The summed E-state index contributed by atoms with van der Waals surface area (Å²) in [6, 6.07) is 7.14. The summed E-state index contributed by atoms with van der Waals surface area (Å²) in [5, 5.41) is 17.1. The van der Waals surface area contributed by atoms with Crippen LogP contribution in [-0.4, -0.2) is 12.9 Å². The third-order valence-corrected chi connectivity index (χ3v) is 2.17. The van der Waals surface area contributed by atoms with Crippen LogP contribution in [0.3, 0.4) is 0 Å². The minimum atomic E-state index is -1.01. The van der Waals surface area contributed by atoms with Gasteiger partial charge in [-0.25, -0.2) is 4.39 Å². The molecule has 0 N–H and O–H groups in total. The molecule has 0 aromatic heterocycles. The number of benzene rings is 1. The van der Waals surface area contributed by atoms with Gasteiger partial charge in [0.25, 0.3) is 0 Å². The average Bonchev–Trinajstić information content (AvgIpc) is 2.35. The van der Waals surface area contributed by atoms with Crippen LogP contribution in [-0.2, 0) is 0 Å². The molecule has 0 saturated carbocycles. The molecule has 0 aliphatic heterocycles. The lowest BCUT2D eigenvalue weighted by molar-refractivity contribution is 0.0976. The zero-order chi connectivity index (χ0) is 12.8. The molecule has 0 unspecified atom stereocenters. The molecule has 4 nitrogen and oxygen atoms in total. The summed E-state index contributed by atoms with van der Waals surface area (Å²) in [5.41, 5.74) is 0.124. The first-order valence-corrected chi connectivity index (χ1v) is 4.78. The van der Waals surface area contributed by atoms with E-state index in [1.54, 1.807) is 12.1 Å². The van der Waals surface area contributed by atoms with Gasteiger partial charge in [0.05, 0.1) is 19.2 Å². The molecule has 17 heavy (non-hydrogen) atoms. The van der Waals surface area contributed by atoms with Crippen LogP contribution in [0.4, 0.5) is 4.39 Å². The Morgan fingerprint density at radius 1 is 1.47 bits per heavy atom. The van der Waals surface area contributed by atoms with Gasteiger partial charge in [-0.3, -0.25) is 4.79 Å². The van der Waals surface area contributed by atoms with Crippen LogP contribution in [0.25, 0.3) is 0 Å². The first kappa shape index (κ1) is 12.7. The van der Waals surface area contributed by atoms with Crippen LogP contribution < -0.4 is 4.74 Å². The maximum absolute atomic E-state index is 13.3. The number of carbonyl (C=O) groups excluding carboxylic acids is 1. The third-order valence-electron chi connectivity index (χ3n) is 2.17. The summed E-state index contributed by atoms with van der Waals surface area (Å²) in [5.74, 6) is -2.06. The fourth-order valence-corrected chi connectivity index (χ4v) is 1.26. The third kappa shape index (κ3) is 3.02. The number of ketones is 1. The highest BCUT2D eigenvalue weighted by Gasteiger charge is 2.15. The van der Waals surface area contributed by atoms with E-state index < -0.39 is 17.5 Å². The topological polar surface area (TPSA) is 73.9 Å². The molecule has 5 heteroatoms. The fourth-order valence-electron chi connectivity index (χ4n) is 1.26. The highest BCUT2D eigenvalue weighted by Crippen LogP contribution is 2.19. The fraction of sp³-hybridized carbons (Fsp3) is 0.250. The van der Waals surface area contributed by atoms with Gasteiger partial charge in [0.2, 0.25) is 0 Å². The van der Waals surface area contributed by atoms with Crippen molar-refractivity contribution in [2.24, 2.45) is 5.92 Å². The lowest BCUT2D eigenvalue weighted by atomic mass is 10.0. The number of carbonyl (C=O) groups is 1. The van der Waals surface area contributed by atoms with E-state index in [1.165, 1.54) is 19.2 Å². The maximum atomic E-state index is 13.3. The van der Waals surface area contributed by atoms with Crippen molar-refractivity contribution >= 4 is 5.78 Å². The zero-order valence-corrected chi connectivity index (χ0v) is 9.11. The molecule has 0 fully saturated rings. The summed E-state index contributed by atoms with van der Waals surface area (Å²) >= 11 is 0. The second-order valence-corrected chi connectivity index (χ2v) is 3.29. The number of nitrogens with zero attached hydrogens (tertiary/aromatic N) is 2. The lowest BCUT2D eigenvalue weighted by Crippen LogP contribution is -2.06. The lowest BCUT2D eigenvalue weighted by Gasteiger charge is -2.04. The number of rotatable bonds is 4. The molecule has 1 aromatic rings. The summed E-state index contributed by atoms with van der Waals surface area (Å²) in [6.07, 6.45) is -0.237. The monoisotopic (exact) mass is 232 g/mol. The van der Waals surface area contributed by atoms with Crippen molar-refractivity contribution in [3.05, 3.63) is 29.6 Å². The summed E-state index contributed by atoms with van der Waals surface area (Å²) in [6.45, 7) is 0. The molecule has 0 amide bonds. The van der Waals surface area contributed by atoms with Crippen LogP contribution in [0.5, 0.6) is 5.75 Å². The van der Waals surface area contributed by atoms with E-state index in [2.05, 4.69) is 0 Å².